The smallest absolute Gasteiger partial charge is 0.261 e. The van der Waals surface area contributed by atoms with Gasteiger partial charge in [0.2, 0.25) is 0 Å². The number of methoxy groups -OCH3 is 1. The van der Waals surface area contributed by atoms with Crippen LogP contribution in [0.2, 0.25) is 0 Å². The number of rotatable bonds is 3. The van der Waals surface area contributed by atoms with Crippen LogP contribution < -0.4 is 4.74 Å². The zero-order valence-electron chi connectivity index (χ0n) is 10.6. The van der Waals surface area contributed by atoms with Crippen LogP contribution in [-0.2, 0) is 9.05 Å². The van der Waals surface area contributed by atoms with E-state index in [0.29, 0.717) is 5.75 Å². The normalized spacial score (nSPS) is 11.3. The average molecular weight is 297 g/mol. The zero-order valence-corrected chi connectivity index (χ0v) is 12.1. The van der Waals surface area contributed by atoms with Gasteiger partial charge in [0.15, 0.2) is 0 Å². The highest BCUT2D eigenvalue weighted by Gasteiger charge is 2.14. The minimum absolute atomic E-state index is 0.0340. The Kier molecular flexibility index (Phi) is 3.83. The maximum Gasteiger partial charge on any atom is 0.261 e. The lowest BCUT2D eigenvalue weighted by Gasteiger charge is -2.09. The SMILES string of the molecule is COc1cc(-c2ccccc2C)cc(S(=O)(=O)Cl)c1. The molecule has 0 fully saturated rings. The number of benzene rings is 2. The maximum absolute atomic E-state index is 11.5. The van der Waals surface area contributed by atoms with Crippen molar-refractivity contribution in [2.45, 2.75) is 11.8 Å². The highest BCUT2D eigenvalue weighted by molar-refractivity contribution is 8.13. The first kappa shape index (κ1) is 13.9. The third kappa shape index (κ3) is 3.08. The largest absolute Gasteiger partial charge is 0.497 e. The van der Waals surface area contributed by atoms with E-state index in [0.717, 1.165) is 16.7 Å². The van der Waals surface area contributed by atoms with E-state index in [-0.39, 0.29) is 4.90 Å². The van der Waals surface area contributed by atoms with E-state index in [1.165, 1.54) is 13.2 Å². The second-order valence-corrected chi connectivity index (χ2v) is 6.72. The molecule has 0 spiro atoms. The Labute approximate surface area is 117 Å². The van der Waals surface area contributed by atoms with Gasteiger partial charge >= 0.3 is 0 Å². The van der Waals surface area contributed by atoms with Gasteiger partial charge in [-0.05, 0) is 35.7 Å². The van der Waals surface area contributed by atoms with Crippen LogP contribution in [0.15, 0.2) is 47.4 Å². The molecule has 0 unspecified atom stereocenters. The van der Waals surface area contributed by atoms with E-state index in [2.05, 4.69) is 0 Å². The summed E-state index contributed by atoms with van der Waals surface area (Å²) < 4.78 is 28.1. The average Bonchev–Trinajstić information content (AvgIpc) is 2.37. The molecule has 100 valence electrons. The molecule has 0 saturated carbocycles. The van der Waals surface area contributed by atoms with Crippen molar-refractivity contribution in [3.63, 3.8) is 0 Å². The molecule has 0 atom stereocenters. The van der Waals surface area contributed by atoms with Crippen LogP contribution in [0.25, 0.3) is 11.1 Å². The predicted molar refractivity (Wildman–Crippen MR) is 76.2 cm³/mol. The lowest BCUT2D eigenvalue weighted by molar-refractivity contribution is 0.413. The van der Waals surface area contributed by atoms with Gasteiger partial charge in [-0.1, -0.05) is 24.3 Å². The third-order valence-corrected chi connectivity index (χ3v) is 4.19. The Morgan fingerprint density at radius 2 is 1.79 bits per heavy atom. The van der Waals surface area contributed by atoms with Crippen LogP contribution in [-0.4, -0.2) is 15.5 Å². The van der Waals surface area contributed by atoms with Crippen LogP contribution in [0.4, 0.5) is 0 Å². The lowest BCUT2D eigenvalue weighted by Crippen LogP contribution is -1.94. The second-order valence-electron chi connectivity index (χ2n) is 4.15. The summed E-state index contributed by atoms with van der Waals surface area (Å²) in [5.41, 5.74) is 2.76. The number of aryl methyl sites for hydroxylation is 1. The Hall–Kier alpha value is -1.52. The predicted octanol–water partition coefficient (Wildman–Crippen LogP) is 3.60. The van der Waals surface area contributed by atoms with Gasteiger partial charge in [-0.15, -0.1) is 0 Å². The molecule has 0 saturated heterocycles. The Balaban J connectivity index is 2.68. The Morgan fingerprint density at radius 1 is 1.11 bits per heavy atom. The van der Waals surface area contributed by atoms with Gasteiger partial charge in [0.1, 0.15) is 5.75 Å². The van der Waals surface area contributed by atoms with E-state index in [9.17, 15) is 8.42 Å². The van der Waals surface area contributed by atoms with Crippen LogP contribution in [0.1, 0.15) is 5.56 Å². The molecule has 0 bridgehead atoms. The highest BCUT2D eigenvalue weighted by Crippen LogP contribution is 2.31. The van der Waals surface area contributed by atoms with Crippen LogP contribution in [0.5, 0.6) is 5.75 Å². The van der Waals surface area contributed by atoms with Gasteiger partial charge in [-0.3, -0.25) is 0 Å². The molecule has 3 nitrogen and oxygen atoms in total. The van der Waals surface area contributed by atoms with Crippen molar-refractivity contribution >= 4 is 19.7 Å². The second kappa shape index (κ2) is 5.23. The molecule has 0 aliphatic carbocycles. The summed E-state index contributed by atoms with van der Waals surface area (Å²) in [5, 5.41) is 0. The van der Waals surface area contributed by atoms with Crippen molar-refractivity contribution in [3.05, 3.63) is 48.0 Å². The van der Waals surface area contributed by atoms with Crippen molar-refractivity contribution in [1.82, 2.24) is 0 Å². The summed E-state index contributed by atoms with van der Waals surface area (Å²) in [6.07, 6.45) is 0. The van der Waals surface area contributed by atoms with Crippen molar-refractivity contribution < 1.29 is 13.2 Å². The summed E-state index contributed by atoms with van der Waals surface area (Å²) >= 11 is 0. The molecule has 5 heteroatoms. The number of ether oxygens (including phenoxy) is 1. The molecule has 0 radical (unpaired) electrons. The summed E-state index contributed by atoms with van der Waals surface area (Å²) in [6.45, 7) is 1.96. The van der Waals surface area contributed by atoms with Gasteiger partial charge in [0.05, 0.1) is 12.0 Å². The molecule has 2 aromatic carbocycles. The van der Waals surface area contributed by atoms with Crippen molar-refractivity contribution in [2.75, 3.05) is 7.11 Å². The monoisotopic (exact) mass is 296 g/mol. The van der Waals surface area contributed by atoms with Gasteiger partial charge < -0.3 is 4.74 Å². The van der Waals surface area contributed by atoms with Crippen molar-refractivity contribution in [2.24, 2.45) is 0 Å². The van der Waals surface area contributed by atoms with Gasteiger partial charge in [-0.25, -0.2) is 8.42 Å². The molecule has 2 aromatic rings. The Bertz CT molecular complexity index is 708. The zero-order chi connectivity index (χ0) is 14.0. The quantitative estimate of drug-likeness (QED) is 0.813. The summed E-state index contributed by atoms with van der Waals surface area (Å²) in [7, 11) is 3.10. The topological polar surface area (TPSA) is 43.4 Å². The van der Waals surface area contributed by atoms with Crippen LogP contribution in [0, 0.1) is 6.92 Å². The van der Waals surface area contributed by atoms with E-state index in [4.69, 9.17) is 15.4 Å². The van der Waals surface area contributed by atoms with Crippen LogP contribution >= 0.6 is 10.7 Å². The van der Waals surface area contributed by atoms with Gasteiger partial charge in [-0.2, -0.15) is 0 Å². The van der Waals surface area contributed by atoms with Crippen molar-refractivity contribution in [1.29, 1.82) is 0 Å². The van der Waals surface area contributed by atoms with E-state index in [1.807, 2.05) is 31.2 Å². The fourth-order valence-corrected chi connectivity index (χ4v) is 2.67. The molecule has 0 aromatic heterocycles. The van der Waals surface area contributed by atoms with Gasteiger partial charge in [0, 0.05) is 16.7 Å². The summed E-state index contributed by atoms with van der Waals surface area (Å²) in [5.74, 6) is 0.458. The molecule has 2 rings (SSSR count). The van der Waals surface area contributed by atoms with Gasteiger partial charge in [0.25, 0.3) is 9.05 Å². The molecule has 0 N–H and O–H groups in total. The van der Waals surface area contributed by atoms with E-state index >= 15 is 0 Å². The van der Waals surface area contributed by atoms with E-state index in [1.54, 1.807) is 12.1 Å². The molecule has 0 amide bonds. The first-order valence-electron chi connectivity index (χ1n) is 5.61. The standard InChI is InChI=1S/C14H13ClO3S/c1-10-5-3-4-6-14(10)11-7-12(18-2)9-13(8-11)19(15,16)17/h3-9H,1-2H3. The molecule has 0 aliphatic rings. The van der Waals surface area contributed by atoms with Crippen LogP contribution in [0.3, 0.4) is 0 Å². The first-order valence-corrected chi connectivity index (χ1v) is 7.92. The number of halogens is 1. The Morgan fingerprint density at radius 3 is 2.37 bits per heavy atom. The molecule has 0 aliphatic heterocycles. The third-order valence-electron chi connectivity index (χ3n) is 2.85. The van der Waals surface area contributed by atoms with E-state index < -0.39 is 9.05 Å². The number of hydrogen-bond donors (Lipinski definition) is 0. The van der Waals surface area contributed by atoms with Crippen molar-refractivity contribution in [3.8, 4) is 16.9 Å². The molecular formula is C14H13ClO3S. The summed E-state index contributed by atoms with van der Waals surface area (Å²) in [6, 6.07) is 12.5. The number of hydrogen-bond acceptors (Lipinski definition) is 3. The summed E-state index contributed by atoms with van der Waals surface area (Å²) in [4.78, 5) is 0.0340. The molecule has 19 heavy (non-hydrogen) atoms. The highest BCUT2D eigenvalue weighted by atomic mass is 35.7. The minimum atomic E-state index is -3.79. The maximum atomic E-state index is 11.5. The minimum Gasteiger partial charge on any atom is -0.497 e. The fraction of sp³-hybridized carbons (Fsp3) is 0.143. The molecular weight excluding hydrogens is 284 g/mol. The molecule has 0 heterocycles. The first-order chi connectivity index (χ1) is 8.91. The lowest BCUT2D eigenvalue weighted by atomic mass is 10.0. The fourth-order valence-electron chi connectivity index (χ4n) is 1.88.